The summed E-state index contributed by atoms with van der Waals surface area (Å²) in [7, 11) is 4.22. The van der Waals surface area contributed by atoms with Crippen LogP contribution in [0.2, 0.25) is 0 Å². The van der Waals surface area contributed by atoms with E-state index in [-0.39, 0.29) is 5.91 Å². The minimum atomic E-state index is -0.487. The number of amides is 1. The van der Waals surface area contributed by atoms with E-state index in [0.29, 0.717) is 19.0 Å². The van der Waals surface area contributed by atoms with Crippen molar-refractivity contribution < 1.29 is 4.79 Å². The third kappa shape index (κ3) is 4.81. The molecule has 0 aromatic heterocycles. The molecule has 1 aromatic carbocycles. The molecule has 5 heteroatoms. The second kappa shape index (κ2) is 7.54. The zero-order valence-corrected chi connectivity index (χ0v) is 13.0. The third-order valence-corrected chi connectivity index (χ3v) is 4.13. The smallest absolute Gasteiger partial charge is 0.237 e. The van der Waals surface area contributed by atoms with Crippen LogP contribution in [-0.4, -0.2) is 68.1 Å². The SMILES string of the molecule is CN1CCN(C)C(CNC(=O)[C@@H](N)Cc2ccccc2)C1. The molecule has 0 radical (unpaired) electrons. The molecular formula is C16H26N4O. The highest BCUT2D eigenvalue weighted by atomic mass is 16.2. The monoisotopic (exact) mass is 290 g/mol. The van der Waals surface area contributed by atoms with Crippen LogP contribution in [0.3, 0.4) is 0 Å². The van der Waals surface area contributed by atoms with Crippen LogP contribution in [0.1, 0.15) is 5.56 Å². The Morgan fingerprint density at radius 2 is 2.05 bits per heavy atom. The third-order valence-electron chi connectivity index (χ3n) is 4.13. The van der Waals surface area contributed by atoms with Gasteiger partial charge in [0.1, 0.15) is 0 Å². The molecule has 0 aliphatic carbocycles. The van der Waals surface area contributed by atoms with E-state index < -0.39 is 6.04 Å². The van der Waals surface area contributed by atoms with Crippen LogP contribution in [0.5, 0.6) is 0 Å². The Bertz CT molecular complexity index is 451. The standard InChI is InChI=1S/C16H26N4O/c1-19-8-9-20(2)14(12-19)11-18-16(21)15(17)10-13-6-4-3-5-7-13/h3-7,14-15H,8-12,17H2,1-2H3,(H,18,21)/t14?,15-/m0/s1. The first-order valence-corrected chi connectivity index (χ1v) is 7.52. The molecule has 0 spiro atoms. The molecule has 5 nitrogen and oxygen atoms in total. The molecule has 3 N–H and O–H groups in total. The van der Waals surface area contributed by atoms with Gasteiger partial charge in [0.2, 0.25) is 5.91 Å². The summed E-state index contributed by atoms with van der Waals surface area (Å²) in [5.41, 5.74) is 7.08. The van der Waals surface area contributed by atoms with Gasteiger partial charge in [-0.05, 0) is 26.1 Å². The molecule has 1 fully saturated rings. The first-order chi connectivity index (χ1) is 10.1. The van der Waals surface area contributed by atoms with E-state index in [1.165, 1.54) is 0 Å². The zero-order valence-electron chi connectivity index (χ0n) is 13.0. The van der Waals surface area contributed by atoms with Crippen molar-refractivity contribution >= 4 is 5.91 Å². The fourth-order valence-corrected chi connectivity index (χ4v) is 2.63. The molecule has 21 heavy (non-hydrogen) atoms. The summed E-state index contributed by atoms with van der Waals surface area (Å²) < 4.78 is 0. The lowest BCUT2D eigenvalue weighted by molar-refractivity contribution is -0.122. The van der Waals surface area contributed by atoms with Crippen molar-refractivity contribution in [2.45, 2.75) is 18.5 Å². The number of benzene rings is 1. The molecular weight excluding hydrogens is 264 g/mol. The molecule has 116 valence electrons. The number of hydrogen-bond donors (Lipinski definition) is 2. The lowest BCUT2D eigenvalue weighted by atomic mass is 10.1. The Morgan fingerprint density at radius 3 is 2.76 bits per heavy atom. The number of likely N-dealkylation sites (N-methyl/N-ethyl adjacent to an activating group) is 2. The van der Waals surface area contributed by atoms with E-state index in [4.69, 9.17) is 5.73 Å². The first-order valence-electron chi connectivity index (χ1n) is 7.52. The van der Waals surface area contributed by atoms with E-state index in [9.17, 15) is 4.79 Å². The van der Waals surface area contributed by atoms with Crippen LogP contribution in [0.4, 0.5) is 0 Å². The Morgan fingerprint density at radius 1 is 1.33 bits per heavy atom. The summed E-state index contributed by atoms with van der Waals surface area (Å²) in [6.45, 7) is 3.74. The Hall–Kier alpha value is -1.43. The van der Waals surface area contributed by atoms with Crippen molar-refractivity contribution in [1.82, 2.24) is 15.1 Å². The van der Waals surface area contributed by atoms with Crippen LogP contribution >= 0.6 is 0 Å². The molecule has 1 saturated heterocycles. The van der Waals surface area contributed by atoms with Gasteiger partial charge in [-0.15, -0.1) is 0 Å². The average Bonchev–Trinajstić information content (AvgIpc) is 2.49. The van der Waals surface area contributed by atoms with Gasteiger partial charge in [0.05, 0.1) is 6.04 Å². The van der Waals surface area contributed by atoms with E-state index >= 15 is 0 Å². The first kappa shape index (κ1) is 15.9. The van der Waals surface area contributed by atoms with Crippen molar-refractivity contribution in [2.75, 3.05) is 40.3 Å². The highest BCUT2D eigenvalue weighted by molar-refractivity contribution is 5.81. The molecule has 0 bridgehead atoms. The van der Waals surface area contributed by atoms with Crippen molar-refractivity contribution in [1.29, 1.82) is 0 Å². The number of nitrogens with two attached hydrogens (primary N) is 1. The lowest BCUT2D eigenvalue weighted by Gasteiger charge is -2.37. The van der Waals surface area contributed by atoms with Gasteiger partial charge in [0.25, 0.3) is 0 Å². The molecule has 1 aromatic rings. The molecule has 1 heterocycles. The van der Waals surface area contributed by atoms with Crippen LogP contribution < -0.4 is 11.1 Å². The van der Waals surface area contributed by atoms with Crippen molar-refractivity contribution in [2.24, 2.45) is 5.73 Å². The Labute approximate surface area is 127 Å². The minimum Gasteiger partial charge on any atom is -0.353 e. The van der Waals surface area contributed by atoms with E-state index in [1.54, 1.807) is 0 Å². The quantitative estimate of drug-likeness (QED) is 0.796. The van der Waals surface area contributed by atoms with E-state index in [1.807, 2.05) is 30.3 Å². The van der Waals surface area contributed by atoms with Gasteiger partial charge in [0.15, 0.2) is 0 Å². The van der Waals surface area contributed by atoms with Crippen molar-refractivity contribution in [3.05, 3.63) is 35.9 Å². The van der Waals surface area contributed by atoms with Crippen LogP contribution in [0.15, 0.2) is 30.3 Å². The van der Waals surface area contributed by atoms with Crippen LogP contribution in [0.25, 0.3) is 0 Å². The van der Waals surface area contributed by atoms with Gasteiger partial charge in [-0.2, -0.15) is 0 Å². The number of nitrogens with zero attached hydrogens (tertiary/aromatic N) is 2. The second-order valence-corrected chi connectivity index (χ2v) is 5.94. The Kier molecular flexibility index (Phi) is 5.73. The minimum absolute atomic E-state index is 0.0690. The summed E-state index contributed by atoms with van der Waals surface area (Å²) >= 11 is 0. The number of carbonyl (C=O) groups is 1. The maximum atomic E-state index is 12.1. The van der Waals surface area contributed by atoms with Gasteiger partial charge in [-0.3, -0.25) is 9.69 Å². The zero-order chi connectivity index (χ0) is 15.2. The predicted octanol–water partition coefficient (Wildman–Crippen LogP) is -0.0816. The fraction of sp³-hybridized carbons (Fsp3) is 0.562. The number of hydrogen-bond acceptors (Lipinski definition) is 4. The van der Waals surface area contributed by atoms with Gasteiger partial charge < -0.3 is 16.0 Å². The molecule has 2 atom stereocenters. The summed E-state index contributed by atoms with van der Waals surface area (Å²) in [5, 5.41) is 2.99. The lowest BCUT2D eigenvalue weighted by Crippen LogP contribution is -2.55. The highest BCUT2D eigenvalue weighted by Crippen LogP contribution is 2.05. The normalized spacial score (nSPS) is 22.0. The summed E-state index contributed by atoms with van der Waals surface area (Å²) in [4.78, 5) is 16.7. The maximum absolute atomic E-state index is 12.1. The van der Waals surface area contributed by atoms with Gasteiger partial charge in [-0.1, -0.05) is 30.3 Å². The summed E-state index contributed by atoms with van der Waals surface area (Å²) in [5.74, 6) is -0.0690. The van der Waals surface area contributed by atoms with Crippen molar-refractivity contribution in [3.63, 3.8) is 0 Å². The van der Waals surface area contributed by atoms with Gasteiger partial charge in [0, 0.05) is 32.2 Å². The number of carbonyl (C=O) groups excluding carboxylic acids is 1. The van der Waals surface area contributed by atoms with Gasteiger partial charge in [-0.25, -0.2) is 0 Å². The van der Waals surface area contributed by atoms with Gasteiger partial charge >= 0.3 is 0 Å². The number of rotatable bonds is 5. The molecule has 1 unspecified atom stereocenters. The molecule has 1 aliphatic rings. The molecule has 2 rings (SSSR count). The highest BCUT2D eigenvalue weighted by Gasteiger charge is 2.23. The maximum Gasteiger partial charge on any atom is 0.237 e. The number of piperazine rings is 1. The largest absolute Gasteiger partial charge is 0.353 e. The van der Waals surface area contributed by atoms with Crippen LogP contribution in [-0.2, 0) is 11.2 Å². The van der Waals surface area contributed by atoms with E-state index in [2.05, 4.69) is 29.2 Å². The van der Waals surface area contributed by atoms with E-state index in [0.717, 1.165) is 25.2 Å². The fourth-order valence-electron chi connectivity index (χ4n) is 2.63. The predicted molar refractivity (Wildman–Crippen MR) is 85.0 cm³/mol. The molecule has 1 aliphatic heterocycles. The summed E-state index contributed by atoms with van der Waals surface area (Å²) in [6.07, 6.45) is 0.576. The van der Waals surface area contributed by atoms with Crippen molar-refractivity contribution in [3.8, 4) is 0 Å². The number of nitrogens with one attached hydrogen (secondary N) is 1. The Balaban J connectivity index is 1.78. The topological polar surface area (TPSA) is 61.6 Å². The molecule has 0 saturated carbocycles. The second-order valence-electron chi connectivity index (χ2n) is 5.94. The molecule has 1 amide bonds. The average molecular weight is 290 g/mol. The summed E-state index contributed by atoms with van der Waals surface area (Å²) in [6, 6.07) is 9.76. The van der Waals surface area contributed by atoms with Crippen LogP contribution in [0, 0.1) is 0 Å².